The molecule has 0 saturated heterocycles. The highest BCUT2D eigenvalue weighted by Crippen LogP contribution is 2.37. The average Bonchev–Trinajstić information content (AvgIpc) is 2.81. The molecule has 1 aliphatic rings. The fraction of sp³-hybridized carbons (Fsp3) is 0.0345. The highest BCUT2D eigenvalue weighted by molar-refractivity contribution is 5.99. The van der Waals surface area contributed by atoms with Gasteiger partial charge in [0.25, 0.3) is 0 Å². The Bertz CT molecular complexity index is 1320. The van der Waals surface area contributed by atoms with Gasteiger partial charge in [-0.25, -0.2) is 0 Å². The molecule has 0 amide bonds. The second-order valence-electron chi connectivity index (χ2n) is 7.60. The normalized spacial score (nSPS) is 15.7. The number of hydrogen-bond acceptors (Lipinski definition) is 2. The van der Waals surface area contributed by atoms with Crippen LogP contribution < -0.4 is 10.1 Å². The first-order chi connectivity index (χ1) is 15.3. The van der Waals surface area contributed by atoms with E-state index < -0.39 is 0 Å². The summed E-state index contributed by atoms with van der Waals surface area (Å²) in [4.78, 5) is 0. The third-order valence-corrected chi connectivity index (χ3v) is 5.46. The van der Waals surface area contributed by atoms with Crippen LogP contribution in [0.5, 0.6) is 5.75 Å². The van der Waals surface area contributed by atoms with Crippen LogP contribution in [0.25, 0.3) is 22.1 Å². The lowest BCUT2D eigenvalue weighted by atomic mass is 9.97. The predicted octanol–water partition coefficient (Wildman–Crippen LogP) is 7.45. The lowest BCUT2D eigenvalue weighted by Gasteiger charge is -2.18. The minimum absolute atomic E-state index is 0.777. The molecule has 2 nitrogen and oxygen atoms in total. The Balaban J connectivity index is 1.47. The van der Waals surface area contributed by atoms with Crippen LogP contribution in [0.3, 0.4) is 0 Å². The summed E-state index contributed by atoms with van der Waals surface area (Å²) in [6, 6.07) is 31.2. The number of fused-ring (bicyclic) bond motifs is 3. The summed E-state index contributed by atoms with van der Waals surface area (Å²) >= 11 is 0. The van der Waals surface area contributed by atoms with Crippen molar-refractivity contribution in [1.29, 1.82) is 0 Å². The van der Waals surface area contributed by atoms with Gasteiger partial charge in [0.05, 0.1) is 0 Å². The largest absolute Gasteiger partial charge is 0.456 e. The zero-order valence-electron chi connectivity index (χ0n) is 17.2. The molecule has 5 rings (SSSR count). The van der Waals surface area contributed by atoms with Crippen LogP contribution >= 0.6 is 0 Å². The molecule has 31 heavy (non-hydrogen) atoms. The molecule has 1 N–H and O–H groups in total. The van der Waals surface area contributed by atoms with Gasteiger partial charge in [0.15, 0.2) is 0 Å². The molecule has 4 aromatic rings. The van der Waals surface area contributed by atoms with Crippen molar-refractivity contribution in [3.05, 3.63) is 132 Å². The molecular formula is C29H23NO. The Morgan fingerprint density at radius 2 is 1.65 bits per heavy atom. The van der Waals surface area contributed by atoms with Gasteiger partial charge in [-0.2, -0.15) is 0 Å². The number of rotatable bonds is 4. The lowest BCUT2D eigenvalue weighted by Crippen LogP contribution is -2.02. The maximum absolute atomic E-state index is 6.44. The van der Waals surface area contributed by atoms with Crippen LogP contribution in [0.4, 0.5) is 5.69 Å². The summed E-state index contributed by atoms with van der Waals surface area (Å²) in [5.41, 5.74) is 5.31. The van der Waals surface area contributed by atoms with E-state index in [1.165, 1.54) is 10.9 Å². The van der Waals surface area contributed by atoms with E-state index in [2.05, 4.69) is 90.8 Å². The Kier molecular flexibility index (Phi) is 5.12. The maximum Gasteiger partial charge on any atom is 0.135 e. The van der Waals surface area contributed by atoms with Crippen LogP contribution in [-0.4, -0.2) is 0 Å². The standard InChI is InChI=1S/C29H23NO/c1-21-9-7-16-27(31-28-18-17-23-12-5-6-15-26(23)29(21)28)24-13-8-14-25(19-24)30-20-22-10-3-2-4-11-22/h2-19,30H,1,20H2/b9-7-,27-16-. The molecule has 0 bridgehead atoms. The van der Waals surface area contributed by atoms with Crippen molar-refractivity contribution in [2.45, 2.75) is 6.54 Å². The zero-order chi connectivity index (χ0) is 21.0. The highest BCUT2D eigenvalue weighted by atomic mass is 16.5. The molecule has 0 unspecified atom stereocenters. The van der Waals surface area contributed by atoms with E-state index in [0.717, 1.165) is 45.8 Å². The second kappa shape index (κ2) is 8.37. The molecule has 1 heterocycles. The van der Waals surface area contributed by atoms with Gasteiger partial charge in [0.2, 0.25) is 0 Å². The topological polar surface area (TPSA) is 21.3 Å². The summed E-state index contributed by atoms with van der Waals surface area (Å²) in [5, 5.41) is 5.83. The van der Waals surface area contributed by atoms with Gasteiger partial charge in [-0.1, -0.05) is 91.5 Å². The number of allylic oxidation sites excluding steroid dienone is 4. The van der Waals surface area contributed by atoms with Gasteiger partial charge < -0.3 is 10.1 Å². The summed E-state index contributed by atoms with van der Waals surface area (Å²) in [7, 11) is 0. The number of benzene rings is 4. The lowest BCUT2D eigenvalue weighted by molar-refractivity contribution is 0.514. The third kappa shape index (κ3) is 4.01. The van der Waals surface area contributed by atoms with E-state index in [9.17, 15) is 0 Å². The summed E-state index contributed by atoms with van der Waals surface area (Å²) in [6.07, 6.45) is 6.05. The number of hydrogen-bond donors (Lipinski definition) is 1. The van der Waals surface area contributed by atoms with Crippen LogP contribution in [-0.2, 0) is 6.54 Å². The minimum Gasteiger partial charge on any atom is -0.456 e. The van der Waals surface area contributed by atoms with Crippen molar-refractivity contribution in [2.24, 2.45) is 0 Å². The third-order valence-electron chi connectivity index (χ3n) is 5.46. The molecule has 0 fully saturated rings. The van der Waals surface area contributed by atoms with Gasteiger partial charge in [0, 0.05) is 23.4 Å². The highest BCUT2D eigenvalue weighted by Gasteiger charge is 2.15. The Labute approximate surface area is 182 Å². The number of anilines is 1. The van der Waals surface area contributed by atoms with Crippen molar-refractivity contribution in [1.82, 2.24) is 0 Å². The molecule has 0 aliphatic carbocycles. The van der Waals surface area contributed by atoms with Crippen LogP contribution in [0, 0.1) is 0 Å². The fourth-order valence-electron chi connectivity index (χ4n) is 3.89. The summed E-state index contributed by atoms with van der Waals surface area (Å²) in [5.74, 6) is 1.63. The summed E-state index contributed by atoms with van der Waals surface area (Å²) in [6.45, 7) is 5.04. The molecule has 0 saturated carbocycles. The molecule has 4 aromatic carbocycles. The first kappa shape index (κ1) is 19.0. The van der Waals surface area contributed by atoms with Gasteiger partial charge >= 0.3 is 0 Å². The van der Waals surface area contributed by atoms with Gasteiger partial charge in [-0.3, -0.25) is 0 Å². The van der Waals surface area contributed by atoms with E-state index >= 15 is 0 Å². The molecule has 1 aliphatic heterocycles. The van der Waals surface area contributed by atoms with Crippen molar-refractivity contribution in [3.63, 3.8) is 0 Å². The van der Waals surface area contributed by atoms with Gasteiger partial charge in [-0.15, -0.1) is 0 Å². The number of nitrogens with one attached hydrogen (secondary N) is 1. The maximum atomic E-state index is 6.44. The molecule has 2 heteroatoms. The van der Waals surface area contributed by atoms with Crippen LogP contribution in [0.2, 0.25) is 0 Å². The first-order valence-electron chi connectivity index (χ1n) is 10.4. The van der Waals surface area contributed by atoms with E-state index in [0.29, 0.717) is 0 Å². The second-order valence-corrected chi connectivity index (χ2v) is 7.60. The quantitative estimate of drug-likeness (QED) is 0.383. The van der Waals surface area contributed by atoms with E-state index in [1.807, 2.05) is 30.4 Å². The van der Waals surface area contributed by atoms with E-state index in [1.54, 1.807) is 0 Å². The fourth-order valence-corrected chi connectivity index (χ4v) is 3.89. The Hall–Kier alpha value is -4.04. The van der Waals surface area contributed by atoms with Gasteiger partial charge in [-0.05, 0) is 46.2 Å². The van der Waals surface area contributed by atoms with Gasteiger partial charge in [0.1, 0.15) is 11.5 Å². The van der Waals surface area contributed by atoms with E-state index in [-0.39, 0.29) is 0 Å². The molecule has 150 valence electrons. The van der Waals surface area contributed by atoms with Crippen molar-refractivity contribution < 1.29 is 4.74 Å². The van der Waals surface area contributed by atoms with Crippen LogP contribution in [0.1, 0.15) is 16.7 Å². The smallest absolute Gasteiger partial charge is 0.135 e. The molecule has 0 radical (unpaired) electrons. The average molecular weight is 402 g/mol. The monoisotopic (exact) mass is 401 g/mol. The van der Waals surface area contributed by atoms with Crippen LogP contribution in [0.15, 0.2) is 116 Å². The zero-order valence-corrected chi connectivity index (χ0v) is 17.2. The van der Waals surface area contributed by atoms with Crippen molar-refractivity contribution >= 4 is 27.8 Å². The SMILES string of the molecule is C=C1/C=C\C=C(\c2cccc(NCc3ccccc3)c2)Oc2ccc3ccccc3c21. The molecular weight excluding hydrogens is 378 g/mol. The van der Waals surface area contributed by atoms with E-state index in [4.69, 9.17) is 4.74 Å². The molecule has 0 spiro atoms. The summed E-state index contributed by atoms with van der Waals surface area (Å²) < 4.78 is 6.44. The Morgan fingerprint density at radius 3 is 2.55 bits per heavy atom. The Morgan fingerprint density at radius 1 is 0.806 bits per heavy atom. The molecule has 0 atom stereocenters. The first-order valence-corrected chi connectivity index (χ1v) is 10.4. The minimum atomic E-state index is 0.777. The molecule has 0 aromatic heterocycles. The van der Waals surface area contributed by atoms with Crippen molar-refractivity contribution in [2.75, 3.05) is 5.32 Å². The van der Waals surface area contributed by atoms with Crippen molar-refractivity contribution in [3.8, 4) is 5.75 Å². The predicted molar refractivity (Wildman–Crippen MR) is 131 cm³/mol. The number of ether oxygens (including phenoxy) is 1.